The van der Waals surface area contributed by atoms with Crippen molar-refractivity contribution in [3.63, 3.8) is 0 Å². The van der Waals surface area contributed by atoms with Crippen molar-refractivity contribution in [3.8, 4) is 5.75 Å². The predicted octanol–water partition coefficient (Wildman–Crippen LogP) is 3.99. The van der Waals surface area contributed by atoms with Crippen molar-refractivity contribution in [2.24, 2.45) is 0 Å². The fraction of sp³-hybridized carbons (Fsp3) is 0.304. The molecule has 1 saturated heterocycles. The van der Waals surface area contributed by atoms with Gasteiger partial charge in [0.25, 0.3) is 11.8 Å². The summed E-state index contributed by atoms with van der Waals surface area (Å²) in [4.78, 5) is 28.6. The van der Waals surface area contributed by atoms with Gasteiger partial charge in [0, 0.05) is 31.6 Å². The Hall–Kier alpha value is -2.83. The van der Waals surface area contributed by atoms with Crippen LogP contribution in [0.4, 0.5) is 0 Å². The number of rotatable bonds is 5. The van der Waals surface area contributed by atoms with Gasteiger partial charge in [-0.05, 0) is 37.1 Å². The first-order valence-corrected chi connectivity index (χ1v) is 10.0. The molecular weight excluding hydrogens is 404 g/mol. The molecule has 0 radical (unpaired) electrons. The predicted molar refractivity (Wildman–Crippen MR) is 115 cm³/mol. The van der Waals surface area contributed by atoms with Crippen LogP contribution in [-0.4, -0.2) is 53.9 Å². The van der Waals surface area contributed by atoms with Crippen LogP contribution in [0.25, 0.3) is 11.0 Å². The lowest BCUT2D eigenvalue weighted by molar-refractivity contribution is 0.0600. The Morgan fingerprint density at radius 2 is 1.60 bits per heavy atom. The van der Waals surface area contributed by atoms with E-state index in [1.165, 1.54) is 4.90 Å². The first-order valence-electron chi connectivity index (χ1n) is 10.0. The highest BCUT2D eigenvalue weighted by Gasteiger charge is 2.35. The SMILES string of the molecule is Cl.O=C1c2ccccc2C(=O)N1CCN1CCC(Oc2cccc3ccoc23)CC1. The van der Waals surface area contributed by atoms with Crippen LogP contribution in [0.2, 0.25) is 0 Å². The van der Waals surface area contributed by atoms with Gasteiger partial charge in [-0.1, -0.05) is 24.3 Å². The van der Waals surface area contributed by atoms with Crippen LogP contribution in [-0.2, 0) is 0 Å². The maximum atomic E-state index is 12.5. The lowest BCUT2D eigenvalue weighted by atomic mass is 10.1. The largest absolute Gasteiger partial charge is 0.486 e. The molecule has 2 aromatic carbocycles. The van der Waals surface area contributed by atoms with Gasteiger partial charge < -0.3 is 14.1 Å². The van der Waals surface area contributed by atoms with Gasteiger partial charge in [0.15, 0.2) is 11.3 Å². The van der Waals surface area contributed by atoms with Crippen LogP contribution in [0, 0.1) is 0 Å². The summed E-state index contributed by atoms with van der Waals surface area (Å²) in [5.74, 6) is 0.419. The van der Waals surface area contributed by atoms with E-state index in [1.54, 1.807) is 30.5 Å². The topological polar surface area (TPSA) is 63.0 Å². The fourth-order valence-electron chi connectivity index (χ4n) is 4.17. The molecule has 1 aromatic heterocycles. The maximum absolute atomic E-state index is 12.5. The van der Waals surface area contributed by atoms with E-state index in [1.807, 2.05) is 24.3 Å². The van der Waals surface area contributed by atoms with E-state index < -0.39 is 0 Å². The smallest absolute Gasteiger partial charge is 0.261 e. The molecule has 0 aliphatic carbocycles. The van der Waals surface area contributed by atoms with Gasteiger partial charge in [0.1, 0.15) is 6.10 Å². The summed E-state index contributed by atoms with van der Waals surface area (Å²) < 4.78 is 11.7. The summed E-state index contributed by atoms with van der Waals surface area (Å²) in [6.07, 6.45) is 3.62. The lowest BCUT2D eigenvalue weighted by Gasteiger charge is -2.32. The molecule has 0 N–H and O–H groups in total. The van der Waals surface area contributed by atoms with Crippen LogP contribution in [0.5, 0.6) is 5.75 Å². The molecule has 30 heavy (non-hydrogen) atoms. The molecule has 3 aromatic rings. The third-order valence-corrected chi connectivity index (χ3v) is 5.79. The van der Waals surface area contributed by atoms with Gasteiger partial charge in [-0.2, -0.15) is 0 Å². The van der Waals surface area contributed by atoms with Crippen LogP contribution in [0.1, 0.15) is 33.6 Å². The van der Waals surface area contributed by atoms with Gasteiger partial charge >= 0.3 is 0 Å². The van der Waals surface area contributed by atoms with Crippen LogP contribution < -0.4 is 4.74 Å². The first kappa shape index (κ1) is 20.4. The Balaban J connectivity index is 0.00000218. The number of hydrogen-bond donors (Lipinski definition) is 0. The molecular formula is C23H23ClN2O4. The van der Waals surface area contributed by atoms with Crippen molar-refractivity contribution in [2.75, 3.05) is 26.2 Å². The number of nitrogens with zero attached hydrogens (tertiary/aromatic N) is 2. The zero-order valence-corrected chi connectivity index (χ0v) is 17.3. The summed E-state index contributed by atoms with van der Waals surface area (Å²) in [6, 6.07) is 14.9. The van der Waals surface area contributed by atoms with Crippen molar-refractivity contribution in [3.05, 3.63) is 65.9 Å². The van der Waals surface area contributed by atoms with Crippen molar-refractivity contribution < 1.29 is 18.7 Å². The molecule has 2 amide bonds. The summed E-state index contributed by atoms with van der Waals surface area (Å²) >= 11 is 0. The first-order chi connectivity index (χ1) is 14.2. The lowest BCUT2D eigenvalue weighted by Crippen LogP contribution is -2.43. The van der Waals surface area contributed by atoms with Crippen molar-refractivity contribution in [1.29, 1.82) is 0 Å². The minimum absolute atomic E-state index is 0. The molecule has 0 spiro atoms. The zero-order chi connectivity index (χ0) is 19.8. The van der Waals surface area contributed by atoms with Crippen LogP contribution in [0.3, 0.4) is 0 Å². The number of halogens is 1. The normalized spacial score (nSPS) is 17.3. The Labute approximate surface area is 180 Å². The molecule has 2 aliphatic heterocycles. The van der Waals surface area contributed by atoms with E-state index in [0.29, 0.717) is 24.2 Å². The van der Waals surface area contributed by atoms with E-state index in [0.717, 1.165) is 42.6 Å². The number of para-hydroxylation sites is 1. The van der Waals surface area contributed by atoms with E-state index in [4.69, 9.17) is 9.15 Å². The van der Waals surface area contributed by atoms with Gasteiger partial charge in [-0.15, -0.1) is 12.4 Å². The number of hydrogen-bond acceptors (Lipinski definition) is 5. The number of carbonyl (C=O) groups is 2. The molecule has 6 nitrogen and oxygen atoms in total. The molecule has 7 heteroatoms. The molecule has 156 valence electrons. The van der Waals surface area contributed by atoms with Gasteiger partial charge in [0.05, 0.1) is 17.4 Å². The highest BCUT2D eigenvalue weighted by atomic mass is 35.5. The highest BCUT2D eigenvalue weighted by Crippen LogP contribution is 2.29. The van der Waals surface area contributed by atoms with Crippen LogP contribution >= 0.6 is 12.4 Å². The minimum Gasteiger partial charge on any atom is -0.486 e. The molecule has 0 saturated carbocycles. The molecule has 0 unspecified atom stereocenters. The monoisotopic (exact) mass is 426 g/mol. The third kappa shape index (κ3) is 3.68. The minimum atomic E-state index is -0.185. The molecule has 5 rings (SSSR count). The highest BCUT2D eigenvalue weighted by molar-refractivity contribution is 6.21. The van der Waals surface area contributed by atoms with E-state index in [-0.39, 0.29) is 30.3 Å². The molecule has 1 fully saturated rings. The summed E-state index contributed by atoms with van der Waals surface area (Å²) in [5.41, 5.74) is 1.81. The quantitative estimate of drug-likeness (QED) is 0.577. The number of amides is 2. The molecule has 3 heterocycles. The second-order valence-corrected chi connectivity index (χ2v) is 7.56. The number of piperidine rings is 1. The van der Waals surface area contributed by atoms with Crippen molar-refractivity contribution in [1.82, 2.24) is 9.80 Å². The summed E-state index contributed by atoms with van der Waals surface area (Å²) in [7, 11) is 0. The summed E-state index contributed by atoms with van der Waals surface area (Å²) in [5, 5.41) is 1.04. The third-order valence-electron chi connectivity index (χ3n) is 5.79. The number of imide groups is 1. The van der Waals surface area contributed by atoms with Crippen molar-refractivity contribution in [2.45, 2.75) is 18.9 Å². The average Bonchev–Trinajstić information content (AvgIpc) is 3.33. The van der Waals surface area contributed by atoms with E-state index in [9.17, 15) is 9.59 Å². The van der Waals surface area contributed by atoms with Crippen molar-refractivity contribution >= 4 is 35.2 Å². The van der Waals surface area contributed by atoms with E-state index in [2.05, 4.69) is 4.90 Å². The van der Waals surface area contributed by atoms with Crippen LogP contribution in [0.15, 0.2) is 59.2 Å². The Morgan fingerprint density at radius 1 is 0.900 bits per heavy atom. The number of ether oxygens (including phenoxy) is 1. The Morgan fingerprint density at radius 3 is 2.30 bits per heavy atom. The second-order valence-electron chi connectivity index (χ2n) is 7.56. The second kappa shape index (κ2) is 8.50. The zero-order valence-electron chi connectivity index (χ0n) is 16.5. The summed E-state index contributed by atoms with van der Waals surface area (Å²) in [6.45, 7) is 2.86. The average molecular weight is 427 g/mol. The van der Waals surface area contributed by atoms with Gasteiger partial charge in [-0.25, -0.2) is 0 Å². The number of furan rings is 1. The van der Waals surface area contributed by atoms with Gasteiger partial charge in [-0.3, -0.25) is 14.5 Å². The molecule has 2 aliphatic rings. The van der Waals surface area contributed by atoms with E-state index >= 15 is 0 Å². The number of fused-ring (bicyclic) bond motifs is 2. The fourth-order valence-corrected chi connectivity index (χ4v) is 4.17. The number of likely N-dealkylation sites (tertiary alicyclic amines) is 1. The Bertz CT molecular complexity index is 1040. The molecule has 0 atom stereocenters. The molecule has 0 bridgehead atoms. The number of carbonyl (C=O) groups excluding carboxylic acids is 2. The standard InChI is InChI=1S/C23H22N2O4.ClH/c26-22-18-5-1-2-6-19(18)23(27)25(22)14-13-24-11-8-17(9-12-24)29-20-7-3-4-16-10-15-28-21(16)20;/h1-7,10,15,17H,8-9,11-14H2;1H. The maximum Gasteiger partial charge on any atom is 0.261 e. The number of benzene rings is 2. The Kier molecular flexibility index (Phi) is 5.79. The van der Waals surface area contributed by atoms with Gasteiger partial charge in [0.2, 0.25) is 0 Å².